The second kappa shape index (κ2) is 7.17. The zero-order chi connectivity index (χ0) is 20.0. The van der Waals surface area contributed by atoms with Gasteiger partial charge in [0, 0.05) is 13.1 Å². The Morgan fingerprint density at radius 2 is 2.10 bits per heavy atom. The van der Waals surface area contributed by atoms with Crippen LogP contribution < -0.4 is 10.2 Å². The minimum Gasteiger partial charge on any atom is -0.391 e. The number of β-amino-alcohol motifs (C(OH)–C–C–N with tert-alkyl or cyclic N) is 1. The summed E-state index contributed by atoms with van der Waals surface area (Å²) in [7, 11) is 0. The maximum atomic E-state index is 10.00. The molecule has 3 aromatic heterocycles. The molecule has 1 unspecified atom stereocenters. The number of pyridine rings is 1. The van der Waals surface area contributed by atoms with Gasteiger partial charge in [-0.1, -0.05) is 23.7 Å². The lowest BCUT2D eigenvalue weighted by Crippen LogP contribution is -2.38. The van der Waals surface area contributed by atoms with Gasteiger partial charge in [0.15, 0.2) is 11.5 Å². The highest BCUT2D eigenvalue weighted by Crippen LogP contribution is 2.31. The van der Waals surface area contributed by atoms with Crippen LogP contribution in [-0.2, 0) is 0 Å². The molecule has 5 rings (SSSR count). The first-order chi connectivity index (χ1) is 14.1. The number of para-hydroxylation sites is 1. The lowest BCUT2D eigenvalue weighted by atomic mass is 10.1. The fourth-order valence-corrected chi connectivity index (χ4v) is 4.12. The molecule has 2 N–H and O–H groups in total. The summed E-state index contributed by atoms with van der Waals surface area (Å²) >= 11 is 6.39. The topological polar surface area (TPSA) is 78.6 Å². The molecule has 7 nitrogen and oxygen atoms in total. The van der Waals surface area contributed by atoms with Crippen LogP contribution in [0.1, 0.15) is 18.4 Å². The summed E-state index contributed by atoms with van der Waals surface area (Å²) in [6.45, 7) is 3.50. The van der Waals surface area contributed by atoms with Gasteiger partial charge in [-0.2, -0.15) is 0 Å². The van der Waals surface area contributed by atoms with E-state index in [0.717, 1.165) is 53.1 Å². The standard InChI is InChI=1S/C21H21ClN6O/c1-13-4-2-6-15(22)19(13)26-20-17-10-23-12-28(17)21-16(24-20)7-8-18(25-21)27-9-3-5-14(29)11-27/h2,4,6-8,10,12,14,29H,3,5,9,11H2,1H3,(H,24,26). The van der Waals surface area contributed by atoms with Gasteiger partial charge in [-0.25, -0.2) is 15.0 Å². The highest BCUT2D eigenvalue weighted by Gasteiger charge is 2.20. The molecular formula is C21H21ClN6O. The number of imidazole rings is 1. The summed E-state index contributed by atoms with van der Waals surface area (Å²) in [6, 6.07) is 9.70. The van der Waals surface area contributed by atoms with Gasteiger partial charge in [-0.05, 0) is 43.5 Å². The largest absolute Gasteiger partial charge is 0.391 e. The van der Waals surface area contributed by atoms with E-state index < -0.39 is 0 Å². The molecule has 4 heterocycles. The fourth-order valence-electron chi connectivity index (χ4n) is 3.85. The Balaban J connectivity index is 1.60. The van der Waals surface area contributed by atoms with Crippen molar-refractivity contribution < 1.29 is 5.11 Å². The van der Waals surface area contributed by atoms with Crippen LogP contribution >= 0.6 is 11.6 Å². The first-order valence-corrected chi connectivity index (χ1v) is 10.1. The molecule has 0 saturated carbocycles. The number of benzene rings is 1. The zero-order valence-electron chi connectivity index (χ0n) is 16.0. The van der Waals surface area contributed by atoms with E-state index in [1.807, 2.05) is 41.7 Å². The van der Waals surface area contributed by atoms with E-state index in [2.05, 4.69) is 15.2 Å². The molecule has 0 radical (unpaired) electrons. The van der Waals surface area contributed by atoms with E-state index in [4.69, 9.17) is 21.6 Å². The molecule has 0 amide bonds. The number of halogens is 1. The second-order valence-electron chi connectivity index (χ2n) is 7.42. The molecule has 0 bridgehead atoms. The maximum Gasteiger partial charge on any atom is 0.166 e. The van der Waals surface area contributed by atoms with Crippen molar-refractivity contribution in [2.45, 2.75) is 25.9 Å². The van der Waals surface area contributed by atoms with Crippen LogP contribution in [0.25, 0.3) is 16.7 Å². The quantitative estimate of drug-likeness (QED) is 0.534. The molecule has 1 aromatic carbocycles. The summed E-state index contributed by atoms with van der Waals surface area (Å²) in [4.78, 5) is 16.1. The number of aromatic nitrogens is 4. The van der Waals surface area contributed by atoms with Crippen molar-refractivity contribution in [1.29, 1.82) is 0 Å². The predicted octanol–water partition coefficient (Wildman–Crippen LogP) is 3.94. The number of piperidine rings is 1. The van der Waals surface area contributed by atoms with Crippen LogP contribution in [0.3, 0.4) is 0 Å². The van der Waals surface area contributed by atoms with Gasteiger partial charge in [0.2, 0.25) is 0 Å². The third-order valence-corrected chi connectivity index (χ3v) is 5.68. The molecular weight excluding hydrogens is 388 g/mol. The highest BCUT2D eigenvalue weighted by molar-refractivity contribution is 6.33. The third kappa shape index (κ3) is 3.26. The van der Waals surface area contributed by atoms with E-state index in [-0.39, 0.29) is 6.10 Å². The molecule has 1 saturated heterocycles. The summed E-state index contributed by atoms with van der Waals surface area (Å²) in [6.07, 6.45) is 5.00. The van der Waals surface area contributed by atoms with E-state index in [0.29, 0.717) is 17.4 Å². The van der Waals surface area contributed by atoms with Crippen LogP contribution in [0, 0.1) is 6.92 Å². The van der Waals surface area contributed by atoms with Crippen molar-refractivity contribution in [3.63, 3.8) is 0 Å². The molecule has 29 heavy (non-hydrogen) atoms. The second-order valence-corrected chi connectivity index (χ2v) is 7.83. The molecule has 1 fully saturated rings. The van der Waals surface area contributed by atoms with Crippen LogP contribution in [-0.4, -0.2) is 43.7 Å². The number of aryl methyl sites for hydroxylation is 1. The summed E-state index contributed by atoms with van der Waals surface area (Å²) < 4.78 is 1.93. The molecule has 4 aromatic rings. The van der Waals surface area contributed by atoms with Gasteiger partial charge < -0.3 is 15.3 Å². The fraction of sp³-hybridized carbons (Fsp3) is 0.286. The average Bonchev–Trinajstić information content (AvgIpc) is 3.21. The number of aliphatic hydroxyl groups is 1. The number of aliphatic hydroxyl groups excluding tert-OH is 1. The Morgan fingerprint density at radius 1 is 1.21 bits per heavy atom. The number of hydrogen-bond acceptors (Lipinski definition) is 6. The average molecular weight is 409 g/mol. The van der Waals surface area contributed by atoms with Crippen molar-refractivity contribution >= 4 is 45.6 Å². The maximum absolute atomic E-state index is 10.00. The number of anilines is 3. The van der Waals surface area contributed by atoms with Crippen molar-refractivity contribution in [3.05, 3.63) is 53.4 Å². The number of nitrogens with one attached hydrogen (secondary N) is 1. The Hall–Kier alpha value is -2.90. The SMILES string of the molecule is Cc1cccc(Cl)c1Nc1nc2ccc(N3CCCC(O)C3)nc2n2cncc12. The van der Waals surface area contributed by atoms with Gasteiger partial charge >= 0.3 is 0 Å². The number of nitrogens with zero attached hydrogens (tertiary/aromatic N) is 5. The van der Waals surface area contributed by atoms with Crippen LogP contribution in [0.5, 0.6) is 0 Å². The first kappa shape index (κ1) is 18.1. The van der Waals surface area contributed by atoms with E-state index in [1.54, 1.807) is 12.5 Å². The summed E-state index contributed by atoms with van der Waals surface area (Å²) in [5, 5.41) is 14.0. The Bertz CT molecular complexity index is 1190. The van der Waals surface area contributed by atoms with Crippen LogP contribution in [0.2, 0.25) is 5.02 Å². The monoisotopic (exact) mass is 408 g/mol. The van der Waals surface area contributed by atoms with Crippen molar-refractivity contribution in [1.82, 2.24) is 19.4 Å². The van der Waals surface area contributed by atoms with Crippen LogP contribution in [0.4, 0.5) is 17.3 Å². The third-order valence-electron chi connectivity index (χ3n) is 5.37. The lowest BCUT2D eigenvalue weighted by molar-refractivity contribution is 0.154. The first-order valence-electron chi connectivity index (χ1n) is 9.68. The number of fused-ring (bicyclic) bond motifs is 3. The van der Waals surface area contributed by atoms with E-state index >= 15 is 0 Å². The summed E-state index contributed by atoms with van der Waals surface area (Å²) in [5.41, 5.74) is 4.17. The zero-order valence-corrected chi connectivity index (χ0v) is 16.8. The molecule has 1 aliphatic heterocycles. The Morgan fingerprint density at radius 3 is 2.93 bits per heavy atom. The van der Waals surface area contributed by atoms with Gasteiger partial charge in [0.25, 0.3) is 0 Å². The molecule has 1 atom stereocenters. The lowest BCUT2D eigenvalue weighted by Gasteiger charge is -2.31. The Labute approximate surface area is 173 Å². The van der Waals surface area contributed by atoms with Gasteiger partial charge in [-0.3, -0.25) is 4.40 Å². The molecule has 8 heteroatoms. The molecule has 0 aliphatic carbocycles. The van der Waals surface area contributed by atoms with Gasteiger partial charge in [0.1, 0.15) is 23.2 Å². The van der Waals surface area contributed by atoms with Crippen molar-refractivity contribution in [3.8, 4) is 0 Å². The van der Waals surface area contributed by atoms with E-state index in [1.165, 1.54) is 0 Å². The normalized spacial score (nSPS) is 17.2. The molecule has 148 valence electrons. The predicted molar refractivity (Wildman–Crippen MR) is 115 cm³/mol. The van der Waals surface area contributed by atoms with Crippen molar-refractivity contribution in [2.75, 3.05) is 23.3 Å². The number of hydrogen-bond donors (Lipinski definition) is 2. The minimum absolute atomic E-state index is 0.307. The Kier molecular flexibility index (Phi) is 4.49. The van der Waals surface area contributed by atoms with Crippen molar-refractivity contribution in [2.24, 2.45) is 0 Å². The highest BCUT2D eigenvalue weighted by atomic mass is 35.5. The minimum atomic E-state index is -0.307. The van der Waals surface area contributed by atoms with E-state index in [9.17, 15) is 5.11 Å². The summed E-state index contributed by atoms with van der Waals surface area (Å²) in [5.74, 6) is 1.52. The molecule has 1 aliphatic rings. The van der Waals surface area contributed by atoms with Gasteiger partial charge in [0.05, 0.1) is 23.0 Å². The smallest absolute Gasteiger partial charge is 0.166 e. The van der Waals surface area contributed by atoms with Gasteiger partial charge in [-0.15, -0.1) is 0 Å². The van der Waals surface area contributed by atoms with Crippen LogP contribution in [0.15, 0.2) is 42.9 Å². The molecule has 0 spiro atoms. The number of rotatable bonds is 3.